The highest BCUT2D eigenvalue weighted by Gasteiger charge is 2.23. The number of aliphatic hydroxyl groups excluding tert-OH is 1. The molecule has 0 bridgehead atoms. The molecule has 0 aromatic rings. The lowest BCUT2D eigenvalue weighted by Crippen LogP contribution is -2.45. The second kappa shape index (κ2) is 66.6. The molecule has 0 aliphatic carbocycles. The van der Waals surface area contributed by atoms with Crippen LogP contribution in [0.5, 0.6) is 0 Å². The van der Waals surface area contributed by atoms with Crippen molar-refractivity contribution in [2.75, 3.05) is 40.9 Å². The number of rotatable bonds is 66. The monoisotopic (exact) mass is 1220 g/mol. The Hall–Kier alpha value is -2.84. The van der Waals surface area contributed by atoms with Gasteiger partial charge in [-0.2, -0.15) is 0 Å². The first-order valence-electron chi connectivity index (χ1n) is 36.2. The first-order valence-corrected chi connectivity index (χ1v) is 37.7. The van der Waals surface area contributed by atoms with E-state index in [-0.39, 0.29) is 12.5 Å². The van der Waals surface area contributed by atoms with E-state index >= 15 is 0 Å². The SMILES string of the molecule is CC/C=C\C/C=C\C/C=C\C/C=C\C/C=C\C/C=C\C/C=C\CCCCCCCCCCCCCCCC(=O)NC(COP(=O)([O-])OCC[N+](C)(C)C)C(O)/C=C/CC/C=C/CCCCCCCCCCCCCCCCCCCCCCCCC. The summed E-state index contributed by atoms with van der Waals surface area (Å²) in [4.78, 5) is 25.7. The number of quaternary nitrogens is 1. The summed E-state index contributed by atoms with van der Waals surface area (Å²) in [6.07, 6.45) is 97.9. The average Bonchev–Trinajstić information content (AvgIpc) is 3.70. The molecule has 0 fully saturated rings. The van der Waals surface area contributed by atoms with Crippen LogP contribution in [-0.2, 0) is 18.4 Å². The molecule has 0 aliphatic rings. The first kappa shape index (κ1) is 83.2. The lowest BCUT2D eigenvalue weighted by atomic mass is 10.0. The number of carbonyl (C=O) groups is 1. The number of phosphoric ester groups is 1. The van der Waals surface area contributed by atoms with Crippen LogP contribution in [0.1, 0.15) is 322 Å². The van der Waals surface area contributed by atoms with Crippen LogP contribution in [0.25, 0.3) is 0 Å². The van der Waals surface area contributed by atoms with Crippen molar-refractivity contribution >= 4 is 13.7 Å². The van der Waals surface area contributed by atoms with Gasteiger partial charge < -0.3 is 28.8 Å². The van der Waals surface area contributed by atoms with Gasteiger partial charge in [-0.05, 0) is 89.9 Å². The molecule has 0 radical (unpaired) electrons. The van der Waals surface area contributed by atoms with Gasteiger partial charge in [-0.25, -0.2) is 0 Å². The van der Waals surface area contributed by atoms with E-state index in [1.807, 2.05) is 27.2 Å². The second-order valence-electron chi connectivity index (χ2n) is 25.6. The molecule has 0 aromatic heterocycles. The summed E-state index contributed by atoms with van der Waals surface area (Å²) in [5.41, 5.74) is 0. The maximum atomic E-state index is 13.0. The molecule has 3 atom stereocenters. The summed E-state index contributed by atoms with van der Waals surface area (Å²) < 4.78 is 23.5. The van der Waals surface area contributed by atoms with Crippen molar-refractivity contribution in [3.8, 4) is 0 Å². The maximum absolute atomic E-state index is 13.0. The first-order chi connectivity index (χ1) is 42.0. The highest BCUT2D eigenvalue weighted by atomic mass is 31.2. The minimum absolute atomic E-state index is 0.0102. The Balaban J connectivity index is 4.11. The van der Waals surface area contributed by atoms with E-state index in [1.54, 1.807) is 6.08 Å². The zero-order chi connectivity index (χ0) is 62.6. The number of nitrogens with zero attached hydrogens (tertiary/aromatic N) is 1. The standard InChI is InChI=1S/C77H139N2O6P/c1-6-8-10-12-14-16-18-20-22-24-26-28-30-32-34-36-37-38-39-40-41-43-45-47-49-51-53-55-57-59-61-63-65-67-69-71-77(81)78-75(74-85-86(82,83)84-73-72-79(3,4)5)76(80)70-68-66-64-62-60-58-56-54-52-50-48-46-44-42-35-33-31-29-27-25-23-21-19-17-15-13-11-9-7-2/h8,10,14,16,20,22,26,28,32,34,37-38,40-41,60,62,68,70,75-76,80H,6-7,9,11-13,15,17-19,21,23-25,27,29-31,33,35-36,39,42-59,61,63-67,69,71-74H2,1-5H3,(H-,78,81,82,83)/b10-8-,16-14-,22-20-,28-26-,34-32-,38-37-,41-40-,62-60+,70-68+. The van der Waals surface area contributed by atoms with Gasteiger partial charge in [-0.15, -0.1) is 0 Å². The van der Waals surface area contributed by atoms with Crippen molar-refractivity contribution in [2.45, 2.75) is 334 Å². The summed E-state index contributed by atoms with van der Waals surface area (Å²) in [6, 6.07) is -0.912. The number of amides is 1. The van der Waals surface area contributed by atoms with Gasteiger partial charge in [-0.1, -0.05) is 335 Å². The van der Waals surface area contributed by atoms with E-state index in [9.17, 15) is 19.4 Å². The summed E-state index contributed by atoms with van der Waals surface area (Å²) in [6.45, 7) is 4.54. The molecular weight excluding hydrogens is 1080 g/mol. The van der Waals surface area contributed by atoms with E-state index in [2.05, 4.69) is 116 Å². The lowest BCUT2D eigenvalue weighted by Gasteiger charge is -2.29. The number of nitrogens with one attached hydrogen (secondary N) is 1. The third kappa shape index (κ3) is 68.6. The van der Waals surface area contributed by atoms with Gasteiger partial charge in [0.15, 0.2) is 0 Å². The number of hydrogen-bond donors (Lipinski definition) is 2. The average molecular weight is 1220 g/mol. The highest BCUT2D eigenvalue weighted by Crippen LogP contribution is 2.38. The van der Waals surface area contributed by atoms with Crippen molar-refractivity contribution in [1.29, 1.82) is 0 Å². The summed E-state index contributed by atoms with van der Waals surface area (Å²) in [7, 11) is 1.24. The molecule has 0 saturated heterocycles. The molecule has 86 heavy (non-hydrogen) atoms. The third-order valence-corrected chi connectivity index (χ3v) is 16.9. The quantitative estimate of drug-likeness (QED) is 0.0272. The zero-order valence-electron chi connectivity index (χ0n) is 57.0. The number of phosphoric acid groups is 1. The fourth-order valence-corrected chi connectivity index (χ4v) is 11.1. The molecule has 0 spiro atoms. The van der Waals surface area contributed by atoms with Gasteiger partial charge in [0.05, 0.1) is 39.9 Å². The van der Waals surface area contributed by atoms with Crippen molar-refractivity contribution in [2.24, 2.45) is 0 Å². The molecular formula is C77H139N2O6P. The number of likely N-dealkylation sites (N-methyl/N-ethyl adjacent to an activating group) is 1. The summed E-state index contributed by atoms with van der Waals surface area (Å²) in [5, 5.41) is 14.0. The number of hydrogen-bond acceptors (Lipinski definition) is 6. The van der Waals surface area contributed by atoms with Crippen LogP contribution in [0, 0.1) is 0 Å². The molecule has 0 saturated carbocycles. The molecule has 1 amide bonds. The molecule has 0 rings (SSSR count). The fraction of sp³-hybridized carbons (Fsp3) is 0.753. The largest absolute Gasteiger partial charge is 0.756 e. The summed E-state index contributed by atoms with van der Waals surface area (Å²) in [5.74, 6) is -0.209. The smallest absolute Gasteiger partial charge is 0.268 e. The molecule has 0 aromatic carbocycles. The van der Waals surface area contributed by atoms with E-state index in [0.29, 0.717) is 17.4 Å². The fourth-order valence-electron chi connectivity index (χ4n) is 10.4. The predicted molar refractivity (Wildman–Crippen MR) is 376 cm³/mol. The molecule has 0 heterocycles. The van der Waals surface area contributed by atoms with Gasteiger partial charge in [0.1, 0.15) is 13.2 Å². The van der Waals surface area contributed by atoms with Crippen LogP contribution < -0.4 is 10.2 Å². The molecule has 0 aliphatic heterocycles. The minimum Gasteiger partial charge on any atom is -0.756 e. The molecule has 3 unspecified atom stereocenters. The van der Waals surface area contributed by atoms with Crippen LogP contribution in [0.15, 0.2) is 109 Å². The number of allylic oxidation sites excluding steroid dienone is 17. The molecule has 9 heteroatoms. The number of carbonyl (C=O) groups excluding carboxylic acids is 1. The van der Waals surface area contributed by atoms with E-state index in [0.717, 1.165) is 83.5 Å². The van der Waals surface area contributed by atoms with Crippen LogP contribution in [0.2, 0.25) is 0 Å². The lowest BCUT2D eigenvalue weighted by molar-refractivity contribution is -0.870. The Morgan fingerprint density at radius 2 is 0.721 bits per heavy atom. The molecule has 8 nitrogen and oxygen atoms in total. The van der Waals surface area contributed by atoms with Crippen LogP contribution in [0.4, 0.5) is 0 Å². The molecule has 498 valence electrons. The normalized spacial score (nSPS) is 14.3. The van der Waals surface area contributed by atoms with E-state index in [4.69, 9.17) is 9.05 Å². The maximum Gasteiger partial charge on any atom is 0.268 e. The predicted octanol–water partition coefficient (Wildman–Crippen LogP) is 22.8. The minimum atomic E-state index is -4.62. The van der Waals surface area contributed by atoms with Gasteiger partial charge in [0.25, 0.3) is 7.82 Å². The van der Waals surface area contributed by atoms with E-state index in [1.165, 1.54) is 218 Å². The van der Waals surface area contributed by atoms with Crippen molar-refractivity contribution in [3.05, 3.63) is 109 Å². The Morgan fingerprint density at radius 1 is 0.419 bits per heavy atom. The highest BCUT2D eigenvalue weighted by molar-refractivity contribution is 7.45. The topological polar surface area (TPSA) is 108 Å². The van der Waals surface area contributed by atoms with Gasteiger partial charge >= 0.3 is 0 Å². The van der Waals surface area contributed by atoms with Crippen molar-refractivity contribution < 1.29 is 32.9 Å². The van der Waals surface area contributed by atoms with Crippen LogP contribution >= 0.6 is 7.82 Å². The summed E-state index contributed by atoms with van der Waals surface area (Å²) >= 11 is 0. The molecule has 2 N–H and O–H groups in total. The van der Waals surface area contributed by atoms with Gasteiger partial charge in [-0.3, -0.25) is 9.36 Å². The van der Waals surface area contributed by atoms with Crippen molar-refractivity contribution in [1.82, 2.24) is 5.32 Å². The van der Waals surface area contributed by atoms with Crippen molar-refractivity contribution in [3.63, 3.8) is 0 Å². The number of aliphatic hydroxyl groups is 1. The van der Waals surface area contributed by atoms with Crippen LogP contribution in [-0.4, -0.2) is 68.5 Å². The van der Waals surface area contributed by atoms with Gasteiger partial charge in [0.2, 0.25) is 5.91 Å². The second-order valence-corrected chi connectivity index (χ2v) is 27.0. The third-order valence-electron chi connectivity index (χ3n) is 16.0. The Bertz CT molecular complexity index is 1770. The Kier molecular flexibility index (Phi) is 64.4. The van der Waals surface area contributed by atoms with E-state index < -0.39 is 26.6 Å². The Morgan fingerprint density at radius 3 is 1.08 bits per heavy atom. The number of unbranched alkanes of at least 4 members (excludes halogenated alkanes) is 37. The Labute approximate surface area is 533 Å². The van der Waals surface area contributed by atoms with Gasteiger partial charge in [0, 0.05) is 6.42 Å². The zero-order valence-corrected chi connectivity index (χ0v) is 57.9. The van der Waals surface area contributed by atoms with Crippen LogP contribution in [0.3, 0.4) is 0 Å².